The summed E-state index contributed by atoms with van der Waals surface area (Å²) < 4.78 is 69.5. The molecule has 0 rings (SSSR count). The Balaban J connectivity index is 3.13. The maximum Gasteiger partial charge on any atom is 0.329 e. The summed E-state index contributed by atoms with van der Waals surface area (Å²) in [6.07, 6.45) is 0.223. The van der Waals surface area contributed by atoms with Crippen LogP contribution in [0.3, 0.4) is 0 Å². The van der Waals surface area contributed by atoms with Gasteiger partial charge < -0.3 is 72.0 Å². The van der Waals surface area contributed by atoms with Gasteiger partial charge in [0.15, 0.2) is 0 Å². The van der Waals surface area contributed by atoms with E-state index >= 15 is 0 Å². The molecule has 0 saturated heterocycles. The number of hydrogen-bond acceptors (Lipinski definition) is 16. The van der Waals surface area contributed by atoms with Crippen molar-refractivity contribution >= 4 is 17.8 Å². The van der Waals surface area contributed by atoms with Crippen molar-refractivity contribution in [2.45, 2.75) is 32.8 Å². The SMILES string of the molecule is CC(C)(C)OC(=O)CCOCCOCCOCCOCCOCCOCCOCCOCCOCCOCCOCCNC(=O)COCC(=O)O. The third kappa shape index (κ3) is 44.0. The summed E-state index contributed by atoms with van der Waals surface area (Å²) in [5.74, 6) is -1.80. The van der Waals surface area contributed by atoms with Crippen LogP contribution in [0.1, 0.15) is 27.2 Å². The number of rotatable bonds is 40. The standard InChI is InChI=1S/C33H63NO17/c1-33(2,3)51-32(38)4-6-39-8-10-41-12-14-43-16-18-45-20-22-47-24-26-49-27-25-48-23-21-46-19-17-44-15-13-42-11-9-40-7-5-34-30(35)28-50-29-31(36)37/h4-29H2,1-3H3,(H,34,35)(H,36,37). The summed E-state index contributed by atoms with van der Waals surface area (Å²) >= 11 is 0. The number of carbonyl (C=O) groups excluding carboxylic acids is 2. The predicted octanol–water partition coefficient (Wildman–Crippen LogP) is 0.118. The predicted molar refractivity (Wildman–Crippen MR) is 181 cm³/mol. The Bertz CT molecular complexity index is 800. The summed E-state index contributed by atoms with van der Waals surface area (Å²) in [5.41, 5.74) is -0.482. The van der Waals surface area contributed by atoms with Crippen LogP contribution in [0.5, 0.6) is 0 Å². The van der Waals surface area contributed by atoms with Crippen LogP contribution in [0.2, 0.25) is 0 Å². The fourth-order valence-corrected chi connectivity index (χ4v) is 3.39. The van der Waals surface area contributed by atoms with Gasteiger partial charge in [-0.05, 0) is 20.8 Å². The van der Waals surface area contributed by atoms with Gasteiger partial charge in [-0.3, -0.25) is 9.59 Å². The summed E-state index contributed by atoms with van der Waals surface area (Å²) in [7, 11) is 0. The Morgan fingerprint density at radius 1 is 0.431 bits per heavy atom. The van der Waals surface area contributed by atoms with Crippen LogP contribution in [0.4, 0.5) is 0 Å². The lowest BCUT2D eigenvalue weighted by molar-refractivity contribution is -0.156. The fraction of sp³-hybridized carbons (Fsp3) is 0.909. The minimum Gasteiger partial charge on any atom is -0.480 e. The van der Waals surface area contributed by atoms with E-state index in [1.54, 1.807) is 0 Å². The van der Waals surface area contributed by atoms with Gasteiger partial charge in [-0.25, -0.2) is 4.79 Å². The van der Waals surface area contributed by atoms with E-state index in [-0.39, 0.29) is 19.0 Å². The molecule has 51 heavy (non-hydrogen) atoms. The Kier molecular flexibility index (Phi) is 36.2. The number of carbonyl (C=O) groups is 3. The molecule has 302 valence electrons. The van der Waals surface area contributed by atoms with Crippen LogP contribution >= 0.6 is 0 Å². The van der Waals surface area contributed by atoms with Gasteiger partial charge >= 0.3 is 11.9 Å². The smallest absolute Gasteiger partial charge is 0.329 e. The topological polar surface area (TPSA) is 203 Å². The Morgan fingerprint density at radius 2 is 0.725 bits per heavy atom. The van der Waals surface area contributed by atoms with Gasteiger partial charge in [-0.15, -0.1) is 0 Å². The fourth-order valence-electron chi connectivity index (χ4n) is 3.39. The second-order valence-corrected chi connectivity index (χ2v) is 11.3. The minimum atomic E-state index is -1.13. The molecule has 0 radical (unpaired) electrons. The van der Waals surface area contributed by atoms with E-state index < -0.39 is 24.1 Å². The minimum absolute atomic E-state index is 0.223. The van der Waals surface area contributed by atoms with Crippen LogP contribution in [0, 0.1) is 0 Å². The van der Waals surface area contributed by atoms with Gasteiger partial charge in [0.25, 0.3) is 0 Å². The highest BCUT2D eigenvalue weighted by Crippen LogP contribution is 2.08. The van der Waals surface area contributed by atoms with Crippen LogP contribution < -0.4 is 5.32 Å². The third-order valence-corrected chi connectivity index (χ3v) is 5.62. The molecule has 0 fully saturated rings. The Labute approximate surface area is 302 Å². The Morgan fingerprint density at radius 3 is 1.02 bits per heavy atom. The van der Waals surface area contributed by atoms with E-state index in [1.165, 1.54) is 0 Å². The van der Waals surface area contributed by atoms with E-state index in [0.29, 0.717) is 152 Å². The number of esters is 1. The number of carboxylic acids is 1. The Hall–Kier alpha value is -2.07. The number of ether oxygens (including phenoxy) is 13. The molecule has 0 aromatic rings. The zero-order chi connectivity index (χ0) is 37.5. The number of hydrogen-bond donors (Lipinski definition) is 2. The first-order chi connectivity index (χ1) is 24.7. The molecule has 2 N–H and O–H groups in total. The lowest BCUT2D eigenvalue weighted by atomic mass is 10.2. The van der Waals surface area contributed by atoms with Gasteiger partial charge in [0.1, 0.15) is 18.8 Å². The lowest BCUT2D eigenvalue weighted by Gasteiger charge is -2.19. The van der Waals surface area contributed by atoms with Gasteiger partial charge in [0, 0.05) is 6.54 Å². The summed E-state index contributed by atoms with van der Waals surface area (Å²) in [6, 6.07) is 0. The average molecular weight is 746 g/mol. The number of carboxylic acid groups (broad SMARTS) is 1. The van der Waals surface area contributed by atoms with E-state index in [0.717, 1.165) is 0 Å². The van der Waals surface area contributed by atoms with Crippen LogP contribution in [-0.2, 0) is 76.0 Å². The molecule has 0 aromatic carbocycles. The van der Waals surface area contributed by atoms with Gasteiger partial charge in [0.05, 0.1) is 152 Å². The zero-order valence-corrected chi connectivity index (χ0v) is 30.9. The molecule has 18 nitrogen and oxygen atoms in total. The molecule has 0 aliphatic heterocycles. The molecule has 0 unspecified atom stereocenters. The van der Waals surface area contributed by atoms with Crippen molar-refractivity contribution in [1.29, 1.82) is 0 Å². The monoisotopic (exact) mass is 745 g/mol. The molecule has 0 heterocycles. The molecule has 0 saturated carbocycles. The highest BCUT2D eigenvalue weighted by atomic mass is 16.6. The summed E-state index contributed by atoms with van der Waals surface area (Å²) in [4.78, 5) is 33.2. The molecular weight excluding hydrogens is 682 g/mol. The molecular formula is C33H63NO17. The highest BCUT2D eigenvalue weighted by Gasteiger charge is 2.15. The molecule has 18 heteroatoms. The zero-order valence-electron chi connectivity index (χ0n) is 30.9. The van der Waals surface area contributed by atoms with Crippen molar-refractivity contribution < 1.29 is 81.1 Å². The first kappa shape index (κ1) is 48.9. The van der Waals surface area contributed by atoms with E-state index in [4.69, 9.17) is 61.9 Å². The molecule has 0 aliphatic rings. The normalized spacial score (nSPS) is 11.6. The highest BCUT2D eigenvalue weighted by molar-refractivity contribution is 5.77. The second kappa shape index (κ2) is 37.7. The number of aliphatic carboxylic acids is 1. The summed E-state index contributed by atoms with van der Waals surface area (Å²) in [5, 5.41) is 11.0. The van der Waals surface area contributed by atoms with Crippen LogP contribution in [0.25, 0.3) is 0 Å². The van der Waals surface area contributed by atoms with Crippen molar-refractivity contribution in [3.05, 3.63) is 0 Å². The molecule has 0 atom stereocenters. The van der Waals surface area contributed by atoms with Crippen molar-refractivity contribution in [3.63, 3.8) is 0 Å². The van der Waals surface area contributed by atoms with E-state index in [1.807, 2.05) is 20.8 Å². The first-order valence-corrected chi connectivity index (χ1v) is 17.3. The number of amides is 1. The van der Waals surface area contributed by atoms with Crippen molar-refractivity contribution in [1.82, 2.24) is 5.32 Å². The molecule has 0 aliphatic carbocycles. The van der Waals surface area contributed by atoms with E-state index in [9.17, 15) is 14.4 Å². The first-order valence-electron chi connectivity index (χ1n) is 17.3. The largest absolute Gasteiger partial charge is 0.480 e. The third-order valence-electron chi connectivity index (χ3n) is 5.62. The van der Waals surface area contributed by atoms with Gasteiger partial charge in [0.2, 0.25) is 5.91 Å². The van der Waals surface area contributed by atoms with Crippen LogP contribution in [0.15, 0.2) is 0 Å². The lowest BCUT2D eigenvalue weighted by Crippen LogP contribution is -2.31. The van der Waals surface area contributed by atoms with Crippen LogP contribution in [-0.4, -0.2) is 194 Å². The van der Waals surface area contributed by atoms with Crippen molar-refractivity contribution in [2.75, 3.05) is 165 Å². The maximum absolute atomic E-state index is 11.6. The quantitative estimate of drug-likeness (QED) is 0.0632. The molecule has 0 spiro atoms. The van der Waals surface area contributed by atoms with Gasteiger partial charge in [-0.2, -0.15) is 0 Å². The van der Waals surface area contributed by atoms with Gasteiger partial charge in [-0.1, -0.05) is 0 Å². The molecule has 0 bridgehead atoms. The average Bonchev–Trinajstić information content (AvgIpc) is 3.07. The maximum atomic E-state index is 11.6. The van der Waals surface area contributed by atoms with E-state index in [2.05, 4.69) is 10.1 Å². The van der Waals surface area contributed by atoms with Crippen molar-refractivity contribution in [3.8, 4) is 0 Å². The molecule has 1 amide bonds. The second-order valence-electron chi connectivity index (χ2n) is 11.3. The van der Waals surface area contributed by atoms with Crippen molar-refractivity contribution in [2.24, 2.45) is 0 Å². The number of nitrogens with one attached hydrogen (secondary N) is 1. The molecule has 0 aromatic heterocycles. The summed E-state index contributed by atoms with van der Waals surface area (Å²) in [6.45, 7) is 14.6.